The lowest BCUT2D eigenvalue weighted by atomic mass is 9.97. The van der Waals surface area contributed by atoms with Crippen LogP contribution in [0.4, 0.5) is 0 Å². The second kappa shape index (κ2) is 8.80. The molecule has 1 aliphatic rings. The van der Waals surface area contributed by atoms with Gasteiger partial charge in [0.25, 0.3) is 0 Å². The first-order chi connectivity index (χ1) is 10.8. The third-order valence-corrected chi connectivity index (χ3v) is 3.19. The Balaban J connectivity index is 3.03. The number of rotatable bonds is 7. The minimum atomic E-state index is -1.46. The van der Waals surface area contributed by atoms with E-state index in [0.29, 0.717) is 6.42 Å². The molecule has 0 bridgehead atoms. The predicted molar refractivity (Wildman–Crippen MR) is 75.8 cm³/mol. The molecule has 3 N–H and O–H groups in total. The van der Waals surface area contributed by atoms with Gasteiger partial charge in [-0.15, -0.1) is 0 Å². The van der Waals surface area contributed by atoms with Gasteiger partial charge in [0.1, 0.15) is 12.2 Å². The molecule has 1 aliphatic heterocycles. The van der Waals surface area contributed by atoms with Crippen molar-refractivity contribution < 1.29 is 38.4 Å². The molecule has 1 rings (SSSR count). The number of aliphatic hydroxyl groups is 1. The lowest BCUT2D eigenvalue weighted by Crippen LogP contribution is -2.63. The summed E-state index contributed by atoms with van der Waals surface area (Å²) in [5, 5.41) is 10.3. The number of primary amides is 1. The molecule has 1 saturated heterocycles. The Bertz CT molecular complexity index is 440. The highest BCUT2D eigenvalue weighted by molar-refractivity contribution is 5.80. The van der Waals surface area contributed by atoms with Crippen molar-refractivity contribution in [1.82, 2.24) is 0 Å². The Labute approximate surface area is 134 Å². The fourth-order valence-corrected chi connectivity index (χ4v) is 2.19. The fourth-order valence-electron chi connectivity index (χ4n) is 2.19. The number of nitrogens with two attached hydrogens (primary N) is 1. The van der Waals surface area contributed by atoms with Crippen LogP contribution in [0.15, 0.2) is 0 Å². The fraction of sp³-hybridized carbons (Fsp3) is 0.786. The predicted octanol–water partition coefficient (Wildman–Crippen LogP) is -0.762. The van der Waals surface area contributed by atoms with Crippen LogP contribution in [0.1, 0.15) is 33.6 Å². The monoisotopic (exact) mass is 333 g/mol. The Morgan fingerprint density at radius 2 is 1.74 bits per heavy atom. The number of carbonyl (C=O) groups is 3. The van der Waals surface area contributed by atoms with Gasteiger partial charge in [-0.05, 0) is 6.42 Å². The molecule has 0 aromatic carbocycles. The number of aliphatic hydroxyl groups excluding tert-OH is 1. The van der Waals surface area contributed by atoms with E-state index in [2.05, 4.69) is 0 Å². The third-order valence-electron chi connectivity index (χ3n) is 3.19. The number of amides is 1. The molecule has 0 radical (unpaired) electrons. The van der Waals surface area contributed by atoms with Crippen LogP contribution in [-0.4, -0.2) is 60.3 Å². The van der Waals surface area contributed by atoms with Crippen molar-refractivity contribution >= 4 is 17.8 Å². The maximum absolute atomic E-state index is 11.4. The molecule has 9 nitrogen and oxygen atoms in total. The summed E-state index contributed by atoms with van der Waals surface area (Å²) < 4.78 is 20.7. The molecule has 0 spiro atoms. The first-order valence-corrected chi connectivity index (χ1v) is 7.36. The molecule has 9 heteroatoms. The van der Waals surface area contributed by atoms with E-state index in [1.54, 1.807) is 0 Å². The van der Waals surface area contributed by atoms with Crippen molar-refractivity contribution in [3.8, 4) is 0 Å². The van der Waals surface area contributed by atoms with E-state index < -0.39 is 48.6 Å². The molecule has 5 atom stereocenters. The van der Waals surface area contributed by atoms with Gasteiger partial charge in [-0.3, -0.25) is 14.4 Å². The molecule has 1 amide bonds. The van der Waals surface area contributed by atoms with Crippen molar-refractivity contribution in [2.24, 2.45) is 5.73 Å². The van der Waals surface area contributed by atoms with Crippen molar-refractivity contribution in [2.45, 2.75) is 64.3 Å². The molecule has 0 saturated carbocycles. The summed E-state index contributed by atoms with van der Waals surface area (Å²) in [6, 6.07) is 0. The molecule has 23 heavy (non-hydrogen) atoms. The lowest BCUT2D eigenvalue weighted by Gasteiger charge is -2.42. The number of esters is 2. The first kappa shape index (κ1) is 19.3. The van der Waals surface area contributed by atoms with Crippen LogP contribution in [0.25, 0.3) is 0 Å². The van der Waals surface area contributed by atoms with Gasteiger partial charge in [0.15, 0.2) is 12.2 Å². The van der Waals surface area contributed by atoms with E-state index >= 15 is 0 Å². The second-order valence-corrected chi connectivity index (χ2v) is 5.19. The van der Waals surface area contributed by atoms with Gasteiger partial charge in [-0.25, -0.2) is 0 Å². The summed E-state index contributed by atoms with van der Waals surface area (Å²) in [5.74, 6) is -2.33. The van der Waals surface area contributed by atoms with E-state index in [4.69, 9.17) is 24.7 Å². The smallest absolute Gasteiger partial charge is 0.305 e. The van der Waals surface area contributed by atoms with E-state index in [1.165, 1.54) is 0 Å². The zero-order chi connectivity index (χ0) is 17.6. The van der Waals surface area contributed by atoms with Crippen LogP contribution < -0.4 is 5.73 Å². The number of unbranched alkanes of at least 4 members (excludes halogenated alkanes) is 1. The van der Waals surface area contributed by atoms with E-state index in [0.717, 1.165) is 20.3 Å². The van der Waals surface area contributed by atoms with Crippen molar-refractivity contribution in [3.63, 3.8) is 0 Å². The van der Waals surface area contributed by atoms with Crippen LogP contribution in [0, 0.1) is 0 Å². The second-order valence-electron chi connectivity index (χ2n) is 5.19. The average molecular weight is 333 g/mol. The highest BCUT2D eigenvalue weighted by Gasteiger charge is 2.51. The average Bonchev–Trinajstić information content (AvgIpc) is 2.43. The number of hydrogen-bond donors (Lipinski definition) is 2. The van der Waals surface area contributed by atoms with Crippen LogP contribution >= 0.6 is 0 Å². The van der Waals surface area contributed by atoms with E-state index in [1.807, 2.05) is 6.92 Å². The summed E-state index contributed by atoms with van der Waals surface area (Å²) in [4.78, 5) is 33.9. The topological polar surface area (TPSA) is 134 Å². The summed E-state index contributed by atoms with van der Waals surface area (Å²) in [6.45, 7) is 4.49. The SMILES string of the molecule is CCCCOC1C(OC(C)=O)[C@H](OC(C)=O)OC(C(N)=O)[C@H]1O. The van der Waals surface area contributed by atoms with Crippen LogP contribution in [0.5, 0.6) is 0 Å². The maximum Gasteiger partial charge on any atom is 0.305 e. The van der Waals surface area contributed by atoms with E-state index in [-0.39, 0.29) is 6.61 Å². The van der Waals surface area contributed by atoms with Crippen molar-refractivity contribution in [2.75, 3.05) is 6.61 Å². The lowest BCUT2D eigenvalue weighted by molar-refractivity contribution is -0.292. The van der Waals surface area contributed by atoms with Gasteiger partial charge in [-0.2, -0.15) is 0 Å². The van der Waals surface area contributed by atoms with Crippen LogP contribution in [-0.2, 0) is 33.3 Å². The minimum absolute atomic E-state index is 0.258. The summed E-state index contributed by atoms with van der Waals surface area (Å²) in [5.41, 5.74) is 5.19. The third kappa shape index (κ3) is 5.45. The molecule has 3 unspecified atom stereocenters. The minimum Gasteiger partial charge on any atom is -0.453 e. The van der Waals surface area contributed by atoms with Crippen molar-refractivity contribution in [3.05, 3.63) is 0 Å². The summed E-state index contributed by atoms with van der Waals surface area (Å²) in [7, 11) is 0. The largest absolute Gasteiger partial charge is 0.453 e. The highest BCUT2D eigenvalue weighted by Crippen LogP contribution is 2.27. The molecule has 132 valence electrons. The van der Waals surface area contributed by atoms with Crippen LogP contribution in [0.3, 0.4) is 0 Å². The Kier molecular flexibility index (Phi) is 7.40. The Morgan fingerprint density at radius 3 is 2.22 bits per heavy atom. The number of hydrogen-bond acceptors (Lipinski definition) is 8. The van der Waals surface area contributed by atoms with Gasteiger partial charge < -0.3 is 29.8 Å². The Morgan fingerprint density at radius 1 is 1.13 bits per heavy atom. The maximum atomic E-state index is 11.4. The van der Waals surface area contributed by atoms with Gasteiger partial charge in [0, 0.05) is 20.5 Å². The van der Waals surface area contributed by atoms with Gasteiger partial charge in [0.05, 0.1) is 0 Å². The molecule has 1 fully saturated rings. The summed E-state index contributed by atoms with van der Waals surface area (Å²) in [6.07, 6.45) is -5.09. The molecule has 0 aliphatic carbocycles. The normalized spacial score (nSPS) is 30.5. The zero-order valence-corrected chi connectivity index (χ0v) is 13.4. The van der Waals surface area contributed by atoms with Gasteiger partial charge in [-0.1, -0.05) is 13.3 Å². The standard InChI is InChI=1S/C14H23NO8/c1-4-5-6-20-10-9(18)11(13(15)19)23-14(22-8(3)17)12(10)21-7(2)16/h9-12,14,18H,4-6H2,1-3H3,(H2,15,19)/t9-,10?,11?,12?,14+/m0/s1. The molecule has 1 heterocycles. The Hall–Kier alpha value is -1.71. The quantitative estimate of drug-likeness (QED) is 0.458. The van der Waals surface area contributed by atoms with Crippen molar-refractivity contribution in [1.29, 1.82) is 0 Å². The van der Waals surface area contributed by atoms with E-state index in [9.17, 15) is 19.5 Å². The number of carbonyl (C=O) groups excluding carboxylic acids is 3. The molecule has 0 aromatic rings. The first-order valence-electron chi connectivity index (χ1n) is 7.36. The molecular formula is C14H23NO8. The van der Waals surface area contributed by atoms with Gasteiger partial charge >= 0.3 is 11.9 Å². The molecule has 0 aromatic heterocycles. The molecular weight excluding hydrogens is 310 g/mol. The zero-order valence-electron chi connectivity index (χ0n) is 13.4. The highest BCUT2D eigenvalue weighted by atomic mass is 16.7. The summed E-state index contributed by atoms with van der Waals surface area (Å²) >= 11 is 0. The van der Waals surface area contributed by atoms with Crippen LogP contribution in [0.2, 0.25) is 0 Å². The number of ether oxygens (including phenoxy) is 4. The van der Waals surface area contributed by atoms with Gasteiger partial charge in [0.2, 0.25) is 12.2 Å².